The van der Waals surface area contributed by atoms with Crippen molar-refractivity contribution in [1.82, 2.24) is 25.2 Å². The number of nitrogens with one attached hydrogen (secondary N) is 2. The van der Waals surface area contributed by atoms with Crippen molar-refractivity contribution in [2.24, 2.45) is 0 Å². The molecule has 0 saturated carbocycles. The fourth-order valence-electron chi connectivity index (χ4n) is 3.48. The lowest BCUT2D eigenvalue weighted by atomic mass is 10.1. The normalized spacial score (nSPS) is 16.3. The van der Waals surface area contributed by atoms with Gasteiger partial charge in [0.25, 0.3) is 0 Å². The number of hydrogen-bond donors (Lipinski definition) is 2. The van der Waals surface area contributed by atoms with E-state index in [1.54, 1.807) is 12.4 Å². The van der Waals surface area contributed by atoms with E-state index in [9.17, 15) is 4.79 Å². The highest BCUT2D eigenvalue weighted by Crippen LogP contribution is 2.22. The molecule has 27 heavy (non-hydrogen) atoms. The minimum absolute atomic E-state index is 0.0536. The van der Waals surface area contributed by atoms with Gasteiger partial charge in [-0.2, -0.15) is 0 Å². The molecule has 0 aliphatic carbocycles. The molecular formula is C20H23N5O2. The fraction of sp³-hybridized carbons (Fsp3) is 0.350. The van der Waals surface area contributed by atoms with Crippen LogP contribution in [0.15, 0.2) is 42.7 Å². The van der Waals surface area contributed by atoms with E-state index in [2.05, 4.69) is 25.2 Å². The molecule has 0 spiro atoms. The molecule has 1 saturated heterocycles. The molecular weight excluding hydrogens is 342 g/mol. The molecule has 3 heterocycles. The van der Waals surface area contributed by atoms with E-state index in [-0.39, 0.29) is 11.9 Å². The number of carbonyl (C=O) groups is 1. The van der Waals surface area contributed by atoms with Crippen LogP contribution in [0.5, 0.6) is 0 Å². The lowest BCUT2D eigenvalue weighted by Gasteiger charge is -2.33. The van der Waals surface area contributed by atoms with Crippen LogP contribution in [0.1, 0.15) is 23.0 Å². The van der Waals surface area contributed by atoms with Gasteiger partial charge in [0, 0.05) is 25.5 Å². The van der Waals surface area contributed by atoms with Gasteiger partial charge in [-0.1, -0.05) is 18.2 Å². The third kappa shape index (κ3) is 3.84. The molecule has 3 aromatic rings. The molecule has 140 valence electrons. The number of rotatable bonds is 5. The monoisotopic (exact) mass is 365 g/mol. The van der Waals surface area contributed by atoms with E-state index in [4.69, 9.17) is 4.74 Å². The summed E-state index contributed by atoms with van der Waals surface area (Å²) in [6.45, 7) is 5.09. The number of para-hydroxylation sites is 1. The van der Waals surface area contributed by atoms with Crippen molar-refractivity contribution >= 4 is 16.9 Å². The van der Waals surface area contributed by atoms with Crippen molar-refractivity contribution < 1.29 is 9.53 Å². The van der Waals surface area contributed by atoms with Gasteiger partial charge in [0.05, 0.1) is 30.8 Å². The Kier molecular flexibility index (Phi) is 5.13. The first-order valence-electron chi connectivity index (χ1n) is 9.16. The largest absolute Gasteiger partial charge is 0.379 e. The summed E-state index contributed by atoms with van der Waals surface area (Å²) in [6, 6.07) is 9.44. The molecule has 1 fully saturated rings. The lowest BCUT2D eigenvalue weighted by Crippen LogP contribution is -2.45. The Morgan fingerprint density at radius 2 is 2.15 bits per heavy atom. The predicted octanol–water partition coefficient (Wildman–Crippen LogP) is 1.96. The van der Waals surface area contributed by atoms with E-state index in [0.717, 1.165) is 41.1 Å². The summed E-state index contributed by atoms with van der Waals surface area (Å²) in [7, 11) is 0. The number of aryl methyl sites for hydroxylation is 1. The standard InChI is InChI=1S/C20H23N5O2/c1-14-4-2-6-16-18(14)24-17(23-16)13-22-20(26)19(15-5-3-7-21-12-15)25-8-10-27-11-9-25/h2-7,12,19H,8-11,13H2,1H3,(H,22,26)(H,23,24)/t19-/m0/s1. The van der Waals surface area contributed by atoms with Crippen molar-refractivity contribution in [2.75, 3.05) is 26.3 Å². The summed E-state index contributed by atoms with van der Waals surface area (Å²) >= 11 is 0. The Labute approximate surface area is 157 Å². The molecule has 2 N–H and O–H groups in total. The minimum atomic E-state index is -0.381. The third-order valence-electron chi connectivity index (χ3n) is 4.85. The van der Waals surface area contributed by atoms with E-state index in [0.29, 0.717) is 19.8 Å². The summed E-state index contributed by atoms with van der Waals surface area (Å²) < 4.78 is 5.44. The Bertz CT molecular complexity index is 919. The van der Waals surface area contributed by atoms with Crippen LogP contribution < -0.4 is 5.32 Å². The number of fused-ring (bicyclic) bond motifs is 1. The first-order valence-corrected chi connectivity index (χ1v) is 9.16. The number of benzene rings is 1. The van der Waals surface area contributed by atoms with E-state index < -0.39 is 0 Å². The van der Waals surface area contributed by atoms with Crippen LogP contribution in [0, 0.1) is 6.92 Å². The van der Waals surface area contributed by atoms with Gasteiger partial charge >= 0.3 is 0 Å². The summed E-state index contributed by atoms with van der Waals surface area (Å²) in [4.78, 5) is 27.2. The molecule has 1 aromatic carbocycles. The van der Waals surface area contributed by atoms with Crippen LogP contribution in [0.4, 0.5) is 0 Å². The highest BCUT2D eigenvalue weighted by molar-refractivity contribution is 5.83. The molecule has 2 aromatic heterocycles. The molecule has 7 heteroatoms. The van der Waals surface area contributed by atoms with Crippen LogP contribution in [-0.2, 0) is 16.1 Å². The predicted molar refractivity (Wildman–Crippen MR) is 102 cm³/mol. The van der Waals surface area contributed by atoms with Crippen LogP contribution >= 0.6 is 0 Å². The number of morpholine rings is 1. The molecule has 7 nitrogen and oxygen atoms in total. The number of aromatic nitrogens is 3. The number of ether oxygens (including phenoxy) is 1. The Morgan fingerprint density at radius 1 is 1.30 bits per heavy atom. The van der Waals surface area contributed by atoms with E-state index >= 15 is 0 Å². The number of pyridine rings is 1. The fourth-order valence-corrected chi connectivity index (χ4v) is 3.48. The van der Waals surface area contributed by atoms with Gasteiger partial charge in [-0.25, -0.2) is 4.98 Å². The average molecular weight is 365 g/mol. The molecule has 1 aliphatic rings. The zero-order chi connectivity index (χ0) is 18.6. The average Bonchev–Trinajstić information content (AvgIpc) is 3.13. The summed E-state index contributed by atoms with van der Waals surface area (Å²) in [5.74, 6) is 0.696. The second-order valence-electron chi connectivity index (χ2n) is 6.71. The third-order valence-corrected chi connectivity index (χ3v) is 4.85. The van der Waals surface area contributed by atoms with Crippen molar-refractivity contribution in [3.63, 3.8) is 0 Å². The maximum Gasteiger partial charge on any atom is 0.242 e. The van der Waals surface area contributed by atoms with Crippen molar-refractivity contribution in [1.29, 1.82) is 0 Å². The molecule has 1 amide bonds. The molecule has 4 rings (SSSR count). The van der Waals surface area contributed by atoms with Crippen molar-refractivity contribution in [3.05, 3.63) is 59.7 Å². The van der Waals surface area contributed by atoms with Crippen LogP contribution in [0.2, 0.25) is 0 Å². The highest BCUT2D eigenvalue weighted by Gasteiger charge is 2.29. The first-order chi connectivity index (χ1) is 13.2. The SMILES string of the molecule is Cc1cccc2[nH]c(CNC(=O)[C@H](c3cccnc3)N3CCOCC3)nc12. The summed E-state index contributed by atoms with van der Waals surface area (Å²) in [6.07, 6.45) is 3.47. The number of imidazole rings is 1. The maximum absolute atomic E-state index is 13.0. The molecule has 0 radical (unpaired) electrons. The Balaban J connectivity index is 1.51. The van der Waals surface area contributed by atoms with Crippen molar-refractivity contribution in [2.45, 2.75) is 19.5 Å². The maximum atomic E-state index is 13.0. The van der Waals surface area contributed by atoms with Crippen LogP contribution in [0.25, 0.3) is 11.0 Å². The van der Waals surface area contributed by atoms with Gasteiger partial charge in [-0.15, -0.1) is 0 Å². The van der Waals surface area contributed by atoms with E-state index in [1.807, 2.05) is 37.3 Å². The number of hydrogen-bond acceptors (Lipinski definition) is 5. The number of H-pyrrole nitrogens is 1. The van der Waals surface area contributed by atoms with Gasteiger partial charge in [-0.05, 0) is 30.2 Å². The molecule has 0 bridgehead atoms. The van der Waals surface area contributed by atoms with Crippen LogP contribution in [0.3, 0.4) is 0 Å². The Hall–Kier alpha value is -2.77. The van der Waals surface area contributed by atoms with Gasteiger partial charge in [0.1, 0.15) is 11.9 Å². The molecule has 0 unspecified atom stereocenters. The molecule has 1 aliphatic heterocycles. The number of nitrogens with zero attached hydrogens (tertiary/aromatic N) is 3. The quantitative estimate of drug-likeness (QED) is 0.722. The zero-order valence-electron chi connectivity index (χ0n) is 15.3. The van der Waals surface area contributed by atoms with Gasteiger partial charge in [-0.3, -0.25) is 14.7 Å². The Morgan fingerprint density at radius 3 is 2.89 bits per heavy atom. The topological polar surface area (TPSA) is 83.1 Å². The first kappa shape index (κ1) is 17.6. The number of aromatic amines is 1. The van der Waals surface area contributed by atoms with Crippen molar-refractivity contribution in [3.8, 4) is 0 Å². The zero-order valence-corrected chi connectivity index (χ0v) is 15.3. The smallest absolute Gasteiger partial charge is 0.242 e. The van der Waals surface area contributed by atoms with Gasteiger partial charge < -0.3 is 15.0 Å². The number of amides is 1. The highest BCUT2D eigenvalue weighted by atomic mass is 16.5. The summed E-state index contributed by atoms with van der Waals surface area (Å²) in [5.41, 5.74) is 3.93. The molecule has 1 atom stereocenters. The number of carbonyl (C=O) groups excluding carboxylic acids is 1. The van der Waals surface area contributed by atoms with E-state index in [1.165, 1.54) is 0 Å². The van der Waals surface area contributed by atoms with Gasteiger partial charge in [0.15, 0.2) is 0 Å². The van der Waals surface area contributed by atoms with Gasteiger partial charge in [0.2, 0.25) is 5.91 Å². The van der Waals surface area contributed by atoms with Crippen LogP contribution in [-0.4, -0.2) is 52.1 Å². The lowest BCUT2D eigenvalue weighted by molar-refractivity contribution is -0.128. The second-order valence-corrected chi connectivity index (χ2v) is 6.71. The second kappa shape index (κ2) is 7.85. The minimum Gasteiger partial charge on any atom is -0.379 e. The summed E-state index contributed by atoms with van der Waals surface area (Å²) in [5, 5.41) is 3.03.